The van der Waals surface area contributed by atoms with Gasteiger partial charge in [-0.15, -0.1) is 0 Å². The summed E-state index contributed by atoms with van der Waals surface area (Å²) in [5.41, 5.74) is 0.288. The van der Waals surface area contributed by atoms with Crippen LogP contribution in [-0.2, 0) is 19.1 Å². The first-order chi connectivity index (χ1) is 13.0. The molecule has 2 heterocycles. The minimum Gasteiger partial charge on any atom is -0.489 e. The van der Waals surface area contributed by atoms with Gasteiger partial charge < -0.3 is 14.0 Å². The zero-order valence-corrected chi connectivity index (χ0v) is 15.4. The van der Waals surface area contributed by atoms with Crippen molar-refractivity contribution < 1.29 is 23.6 Å². The summed E-state index contributed by atoms with van der Waals surface area (Å²) in [5.74, 6) is -0.379. The fourth-order valence-electron chi connectivity index (χ4n) is 4.17. The number of para-hydroxylation sites is 1. The van der Waals surface area contributed by atoms with Gasteiger partial charge in [0.15, 0.2) is 11.4 Å². The van der Waals surface area contributed by atoms with Crippen molar-refractivity contribution in [3.8, 4) is 0 Å². The first-order valence-corrected chi connectivity index (χ1v) is 9.12. The number of carbonyl (C=O) groups is 2. The molecule has 2 aromatic rings. The lowest BCUT2D eigenvalue weighted by molar-refractivity contribution is -0.156. The summed E-state index contributed by atoms with van der Waals surface area (Å²) in [4.78, 5) is 26.0. The van der Waals surface area contributed by atoms with Crippen LogP contribution in [0.3, 0.4) is 0 Å². The number of allylic oxidation sites excluding steroid dienone is 1. The van der Waals surface area contributed by atoms with E-state index in [0.29, 0.717) is 34.4 Å². The van der Waals surface area contributed by atoms with E-state index >= 15 is 0 Å². The Labute approximate surface area is 156 Å². The number of ketones is 1. The van der Waals surface area contributed by atoms with Crippen LogP contribution in [-0.4, -0.2) is 29.6 Å². The van der Waals surface area contributed by atoms with Gasteiger partial charge in [-0.25, -0.2) is 0 Å². The van der Waals surface area contributed by atoms with E-state index in [1.807, 2.05) is 25.1 Å². The van der Waals surface area contributed by atoms with Crippen LogP contribution in [0, 0.1) is 11.3 Å². The zero-order valence-electron chi connectivity index (χ0n) is 15.4. The second kappa shape index (κ2) is 6.37. The molecule has 0 spiro atoms. The number of ether oxygens (including phenoxy) is 2. The second-order valence-electron chi connectivity index (χ2n) is 7.05. The molecular weight excluding hydrogens is 346 g/mol. The number of fused-ring (bicyclic) bond motifs is 2. The molecule has 3 atom stereocenters. The molecule has 27 heavy (non-hydrogen) atoms. The highest BCUT2D eigenvalue weighted by molar-refractivity contribution is 6.25. The number of hydrogen-bond donors (Lipinski definition) is 0. The molecule has 0 N–H and O–H groups in total. The fraction of sp³-hybridized carbons (Fsp3) is 0.381. The summed E-state index contributed by atoms with van der Waals surface area (Å²) >= 11 is 0. The second-order valence-corrected chi connectivity index (χ2v) is 7.05. The first kappa shape index (κ1) is 17.5. The third-order valence-electron chi connectivity index (χ3n) is 5.55. The molecule has 0 amide bonds. The summed E-state index contributed by atoms with van der Waals surface area (Å²) in [6.07, 6.45) is 1.90. The number of rotatable bonds is 4. The molecule has 1 aromatic heterocycles. The molecule has 2 aliphatic rings. The van der Waals surface area contributed by atoms with Crippen LogP contribution in [0.15, 0.2) is 47.2 Å². The molecule has 140 valence electrons. The quantitative estimate of drug-likeness (QED) is 0.606. The lowest BCUT2D eigenvalue weighted by atomic mass is 9.65. The third kappa shape index (κ3) is 2.43. The van der Waals surface area contributed by atoms with Crippen molar-refractivity contribution in [2.45, 2.75) is 32.8 Å². The van der Waals surface area contributed by atoms with Crippen molar-refractivity contribution in [1.82, 2.24) is 5.16 Å². The molecule has 0 unspecified atom stereocenters. The van der Waals surface area contributed by atoms with Gasteiger partial charge in [0, 0.05) is 18.2 Å². The molecule has 1 aromatic carbocycles. The van der Waals surface area contributed by atoms with Gasteiger partial charge in [-0.05, 0) is 25.0 Å². The minimum atomic E-state index is -1.02. The van der Waals surface area contributed by atoms with E-state index < -0.39 is 5.41 Å². The number of nitrogens with zero attached hydrogens (tertiary/aromatic N) is 1. The number of aromatic nitrogens is 1. The summed E-state index contributed by atoms with van der Waals surface area (Å²) in [6, 6.07) is 7.31. The average molecular weight is 367 g/mol. The van der Waals surface area contributed by atoms with Crippen LogP contribution in [0.4, 0.5) is 0 Å². The molecule has 6 heteroatoms. The summed E-state index contributed by atoms with van der Waals surface area (Å²) in [7, 11) is 0. The normalized spacial score (nSPS) is 27.4. The zero-order chi connectivity index (χ0) is 19.2. The Morgan fingerprint density at radius 1 is 1.44 bits per heavy atom. The van der Waals surface area contributed by atoms with Crippen LogP contribution < -0.4 is 0 Å². The highest BCUT2D eigenvalue weighted by Crippen LogP contribution is 2.56. The summed E-state index contributed by atoms with van der Waals surface area (Å²) in [6.45, 7) is 7.72. The van der Waals surface area contributed by atoms with Crippen LogP contribution in [0.25, 0.3) is 16.5 Å². The van der Waals surface area contributed by atoms with Gasteiger partial charge in [0.05, 0.1) is 12.2 Å². The Hall–Kier alpha value is -2.89. The van der Waals surface area contributed by atoms with Gasteiger partial charge in [0.1, 0.15) is 23.0 Å². The predicted octanol–water partition coefficient (Wildman–Crippen LogP) is 3.67. The van der Waals surface area contributed by atoms with E-state index in [0.717, 1.165) is 0 Å². The van der Waals surface area contributed by atoms with Crippen molar-refractivity contribution >= 4 is 28.3 Å². The van der Waals surface area contributed by atoms with Crippen molar-refractivity contribution in [3.05, 3.63) is 48.4 Å². The highest BCUT2D eigenvalue weighted by Gasteiger charge is 2.60. The van der Waals surface area contributed by atoms with Crippen molar-refractivity contribution in [3.63, 3.8) is 0 Å². The van der Waals surface area contributed by atoms with Gasteiger partial charge in [-0.3, -0.25) is 9.59 Å². The molecular formula is C21H21NO5. The maximum Gasteiger partial charge on any atom is 0.320 e. The van der Waals surface area contributed by atoms with Gasteiger partial charge in [0.2, 0.25) is 0 Å². The number of hydrogen-bond acceptors (Lipinski definition) is 6. The van der Waals surface area contributed by atoms with E-state index in [1.165, 1.54) is 0 Å². The third-order valence-corrected chi connectivity index (χ3v) is 5.55. The Morgan fingerprint density at radius 2 is 2.22 bits per heavy atom. The van der Waals surface area contributed by atoms with Crippen molar-refractivity contribution in [1.29, 1.82) is 0 Å². The van der Waals surface area contributed by atoms with Crippen LogP contribution in [0.2, 0.25) is 0 Å². The van der Waals surface area contributed by atoms with Crippen LogP contribution in [0.5, 0.6) is 0 Å². The van der Waals surface area contributed by atoms with Crippen LogP contribution >= 0.6 is 0 Å². The Balaban J connectivity index is 1.99. The van der Waals surface area contributed by atoms with E-state index in [9.17, 15) is 9.59 Å². The smallest absolute Gasteiger partial charge is 0.320 e. The SMILES string of the molecule is C=C[C@@H]1C[C@@]2(C(=O)OCC)C(=C(c3noc4ccccc34)C(=O)C[C@@H]2C)O1. The number of esters is 1. The maximum atomic E-state index is 13.0. The number of Topliss-reactive ketones (excluding diaryl/α,β-unsaturated/α-hetero) is 1. The molecule has 0 saturated carbocycles. The molecule has 1 saturated heterocycles. The summed E-state index contributed by atoms with van der Waals surface area (Å²) < 4.78 is 16.9. The predicted molar refractivity (Wildman–Crippen MR) is 98.5 cm³/mol. The lowest BCUT2D eigenvalue weighted by Gasteiger charge is -2.36. The van der Waals surface area contributed by atoms with Gasteiger partial charge in [-0.2, -0.15) is 0 Å². The van der Waals surface area contributed by atoms with E-state index in [-0.39, 0.29) is 36.8 Å². The fourth-order valence-corrected chi connectivity index (χ4v) is 4.17. The highest BCUT2D eigenvalue weighted by atomic mass is 16.5. The first-order valence-electron chi connectivity index (χ1n) is 9.12. The molecule has 6 nitrogen and oxygen atoms in total. The van der Waals surface area contributed by atoms with Gasteiger partial charge >= 0.3 is 5.97 Å². The molecule has 1 aliphatic heterocycles. The largest absolute Gasteiger partial charge is 0.489 e. The number of benzene rings is 1. The molecule has 0 radical (unpaired) electrons. The Bertz CT molecular complexity index is 972. The Kier molecular flexibility index (Phi) is 4.13. The monoisotopic (exact) mass is 367 g/mol. The number of carbonyl (C=O) groups excluding carboxylic acids is 2. The minimum absolute atomic E-state index is 0.110. The van der Waals surface area contributed by atoms with Gasteiger partial charge in [0.25, 0.3) is 0 Å². The Morgan fingerprint density at radius 3 is 2.96 bits per heavy atom. The maximum absolute atomic E-state index is 13.0. The van der Waals surface area contributed by atoms with Crippen LogP contribution in [0.1, 0.15) is 32.4 Å². The van der Waals surface area contributed by atoms with E-state index in [4.69, 9.17) is 14.0 Å². The molecule has 4 rings (SSSR count). The van der Waals surface area contributed by atoms with Gasteiger partial charge in [-0.1, -0.05) is 36.9 Å². The van der Waals surface area contributed by atoms with Crippen molar-refractivity contribution in [2.24, 2.45) is 11.3 Å². The summed E-state index contributed by atoms with van der Waals surface area (Å²) in [5, 5.41) is 4.84. The average Bonchev–Trinajstić information content (AvgIpc) is 3.25. The van der Waals surface area contributed by atoms with Crippen molar-refractivity contribution in [2.75, 3.05) is 6.61 Å². The molecule has 1 fully saturated rings. The standard InChI is InChI=1S/C21H21NO5/c1-4-13-11-21(20(24)25-5-2)12(3)10-15(23)17(19(21)26-13)18-14-8-6-7-9-16(14)27-22-18/h4,6-9,12-13H,1,5,10-11H2,2-3H3/t12-,13+,21-/m0/s1. The van der Waals surface area contributed by atoms with E-state index in [1.54, 1.807) is 19.1 Å². The topological polar surface area (TPSA) is 78.6 Å². The van der Waals surface area contributed by atoms with E-state index in [2.05, 4.69) is 11.7 Å². The molecule has 1 aliphatic carbocycles. The lowest BCUT2D eigenvalue weighted by Crippen LogP contribution is -2.43. The molecule has 0 bridgehead atoms.